The summed E-state index contributed by atoms with van der Waals surface area (Å²) in [7, 11) is 1.71. The molecule has 1 aromatic carbocycles. The molecule has 1 unspecified atom stereocenters. The third kappa shape index (κ3) is 7.67. The van der Waals surface area contributed by atoms with Gasteiger partial charge in [0, 0.05) is 45.2 Å². The zero-order valence-electron chi connectivity index (χ0n) is 16.2. The Morgan fingerprint density at radius 2 is 2.00 bits per heavy atom. The number of ether oxygens (including phenoxy) is 2. The van der Waals surface area contributed by atoms with E-state index in [1.807, 2.05) is 18.2 Å². The number of benzene rings is 1. The topological polar surface area (TPSA) is 58.1 Å². The second kappa shape index (κ2) is 13.2. The van der Waals surface area contributed by atoms with E-state index < -0.39 is 0 Å². The monoisotopic (exact) mass is 476 g/mol. The Kier molecular flexibility index (Phi) is 11.6. The first-order chi connectivity index (χ1) is 12.2. The van der Waals surface area contributed by atoms with Gasteiger partial charge in [0.25, 0.3) is 0 Å². The number of methoxy groups -OCH3 is 1. The van der Waals surface area contributed by atoms with E-state index in [0.29, 0.717) is 12.5 Å². The molecule has 1 fully saturated rings. The molecule has 1 saturated heterocycles. The van der Waals surface area contributed by atoms with Crippen LogP contribution in [0.3, 0.4) is 0 Å². The van der Waals surface area contributed by atoms with E-state index in [9.17, 15) is 0 Å². The lowest BCUT2D eigenvalue weighted by Gasteiger charge is -2.26. The summed E-state index contributed by atoms with van der Waals surface area (Å²) in [6, 6.07) is 8.15. The molecule has 0 spiro atoms. The summed E-state index contributed by atoms with van der Waals surface area (Å²) in [5.74, 6) is 2.10. The van der Waals surface area contributed by atoms with Gasteiger partial charge in [0.2, 0.25) is 0 Å². The van der Waals surface area contributed by atoms with Crippen LogP contribution in [0.25, 0.3) is 0 Å². The van der Waals surface area contributed by atoms with Crippen LogP contribution in [0, 0.1) is 0 Å². The van der Waals surface area contributed by atoms with E-state index in [1.54, 1.807) is 7.11 Å². The predicted octanol–water partition coefficient (Wildman–Crippen LogP) is 2.30. The average molecular weight is 476 g/mol. The van der Waals surface area contributed by atoms with Crippen molar-refractivity contribution < 1.29 is 9.47 Å². The molecule has 26 heavy (non-hydrogen) atoms. The van der Waals surface area contributed by atoms with Crippen molar-refractivity contribution in [3.63, 3.8) is 0 Å². The number of hydrogen-bond donors (Lipinski definition) is 2. The first-order valence-corrected chi connectivity index (χ1v) is 9.19. The van der Waals surface area contributed by atoms with Gasteiger partial charge in [0.1, 0.15) is 5.75 Å². The van der Waals surface area contributed by atoms with Crippen LogP contribution in [0.2, 0.25) is 0 Å². The van der Waals surface area contributed by atoms with Crippen molar-refractivity contribution in [3.05, 3.63) is 29.8 Å². The number of hydrogen-bond acceptors (Lipinski definition) is 4. The van der Waals surface area contributed by atoms with Crippen LogP contribution in [0.1, 0.15) is 25.3 Å². The van der Waals surface area contributed by atoms with Crippen LogP contribution < -0.4 is 15.4 Å². The van der Waals surface area contributed by atoms with E-state index in [0.717, 1.165) is 57.6 Å². The fourth-order valence-electron chi connectivity index (χ4n) is 2.90. The van der Waals surface area contributed by atoms with Gasteiger partial charge < -0.3 is 20.1 Å². The van der Waals surface area contributed by atoms with Gasteiger partial charge >= 0.3 is 0 Å². The fourth-order valence-corrected chi connectivity index (χ4v) is 2.90. The zero-order chi connectivity index (χ0) is 17.9. The van der Waals surface area contributed by atoms with Crippen LogP contribution in [0.5, 0.6) is 5.75 Å². The molecular weight excluding hydrogens is 443 g/mol. The highest BCUT2D eigenvalue weighted by Crippen LogP contribution is 2.26. The van der Waals surface area contributed by atoms with Crippen molar-refractivity contribution in [3.8, 4) is 5.75 Å². The fraction of sp³-hybridized carbons (Fsp3) is 0.632. The number of guanidine groups is 1. The van der Waals surface area contributed by atoms with E-state index in [4.69, 9.17) is 14.5 Å². The first-order valence-electron chi connectivity index (χ1n) is 9.19. The molecule has 1 heterocycles. The Hall–Kier alpha value is -1.06. The lowest BCUT2D eigenvalue weighted by Crippen LogP contribution is -2.44. The number of rotatable bonds is 8. The van der Waals surface area contributed by atoms with Crippen molar-refractivity contribution in [2.24, 2.45) is 4.99 Å². The van der Waals surface area contributed by atoms with Crippen molar-refractivity contribution >= 4 is 29.9 Å². The number of nitrogens with one attached hydrogen (secondary N) is 2. The summed E-state index contributed by atoms with van der Waals surface area (Å²) in [5.41, 5.74) is 1.19. The van der Waals surface area contributed by atoms with Crippen molar-refractivity contribution in [1.29, 1.82) is 0 Å². The molecule has 0 saturated carbocycles. The lowest BCUT2D eigenvalue weighted by molar-refractivity contribution is 0.0389. The number of para-hydroxylation sites is 1. The molecule has 2 N–H and O–H groups in total. The quantitative estimate of drug-likeness (QED) is 0.343. The Bertz CT molecular complexity index is 536. The Morgan fingerprint density at radius 1 is 1.27 bits per heavy atom. The largest absolute Gasteiger partial charge is 0.496 e. The summed E-state index contributed by atoms with van der Waals surface area (Å²) < 4.78 is 10.8. The number of halogens is 1. The second-order valence-electron chi connectivity index (χ2n) is 6.24. The van der Waals surface area contributed by atoms with Gasteiger partial charge in [0.15, 0.2) is 5.96 Å². The standard InChI is InChI=1S/C19H32N4O2.HI/c1-4-20-19(21-9-10-23-11-13-25-14-12-23)22-15-16(2)17-7-5-6-8-18(17)24-3;/h5-8,16H,4,9-15H2,1-3H3,(H2,20,21,22);1H. The molecule has 1 atom stereocenters. The lowest BCUT2D eigenvalue weighted by atomic mass is 10.0. The normalized spacial score (nSPS) is 16.5. The second-order valence-corrected chi connectivity index (χ2v) is 6.24. The van der Waals surface area contributed by atoms with Crippen LogP contribution >= 0.6 is 24.0 Å². The summed E-state index contributed by atoms with van der Waals surface area (Å²) in [4.78, 5) is 7.16. The molecule has 1 aliphatic rings. The molecule has 1 aromatic rings. The smallest absolute Gasteiger partial charge is 0.191 e. The summed E-state index contributed by atoms with van der Waals surface area (Å²) >= 11 is 0. The predicted molar refractivity (Wildman–Crippen MR) is 118 cm³/mol. The summed E-state index contributed by atoms with van der Waals surface area (Å²) in [6.07, 6.45) is 0. The van der Waals surface area contributed by atoms with Gasteiger partial charge in [-0.05, 0) is 18.6 Å². The molecule has 148 valence electrons. The maximum absolute atomic E-state index is 5.46. The SMILES string of the molecule is CCNC(=NCC(C)c1ccccc1OC)NCCN1CCOCC1.I. The van der Waals surface area contributed by atoms with Gasteiger partial charge in [-0.15, -0.1) is 24.0 Å². The highest BCUT2D eigenvalue weighted by molar-refractivity contribution is 14.0. The van der Waals surface area contributed by atoms with Gasteiger partial charge in [-0.2, -0.15) is 0 Å². The number of aliphatic imine (C=N–C) groups is 1. The molecule has 0 aromatic heterocycles. The van der Waals surface area contributed by atoms with Crippen LogP contribution in [-0.2, 0) is 4.74 Å². The molecule has 2 rings (SSSR count). The number of morpholine rings is 1. The molecule has 0 aliphatic carbocycles. The maximum atomic E-state index is 5.46. The van der Waals surface area contributed by atoms with Crippen molar-refractivity contribution in [2.75, 3.05) is 59.6 Å². The molecule has 7 heteroatoms. The average Bonchev–Trinajstić information content (AvgIpc) is 2.66. The minimum absolute atomic E-state index is 0. The van der Waals surface area contributed by atoms with E-state index in [1.165, 1.54) is 5.56 Å². The van der Waals surface area contributed by atoms with Crippen LogP contribution in [0.4, 0.5) is 0 Å². The van der Waals surface area contributed by atoms with E-state index in [2.05, 4.69) is 35.4 Å². The molecule has 0 amide bonds. The minimum Gasteiger partial charge on any atom is -0.496 e. The third-order valence-corrected chi connectivity index (χ3v) is 4.36. The summed E-state index contributed by atoms with van der Waals surface area (Å²) in [6.45, 7) is 11.4. The van der Waals surface area contributed by atoms with Crippen LogP contribution in [0.15, 0.2) is 29.3 Å². The van der Waals surface area contributed by atoms with Gasteiger partial charge in [-0.3, -0.25) is 9.89 Å². The molecule has 6 nitrogen and oxygen atoms in total. The Balaban J connectivity index is 0.00000338. The first kappa shape index (κ1) is 23.0. The van der Waals surface area contributed by atoms with Crippen molar-refractivity contribution in [1.82, 2.24) is 15.5 Å². The van der Waals surface area contributed by atoms with Gasteiger partial charge in [0.05, 0.1) is 20.3 Å². The van der Waals surface area contributed by atoms with E-state index in [-0.39, 0.29) is 24.0 Å². The molecular formula is C19H33IN4O2. The Morgan fingerprint density at radius 3 is 2.69 bits per heavy atom. The maximum Gasteiger partial charge on any atom is 0.191 e. The van der Waals surface area contributed by atoms with Gasteiger partial charge in [-0.1, -0.05) is 25.1 Å². The van der Waals surface area contributed by atoms with Gasteiger partial charge in [-0.25, -0.2) is 0 Å². The highest BCUT2D eigenvalue weighted by Gasteiger charge is 2.12. The Labute approximate surface area is 174 Å². The van der Waals surface area contributed by atoms with Crippen LogP contribution in [-0.4, -0.2) is 70.5 Å². The summed E-state index contributed by atoms with van der Waals surface area (Å²) in [5, 5.41) is 6.75. The van der Waals surface area contributed by atoms with Crippen molar-refractivity contribution in [2.45, 2.75) is 19.8 Å². The highest BCUT2D eigenvalue weighted by atomic mass is 127. The molecule has 0 radical (unpaired) electrons. The van der Waals surface area contributed by atoms with E-state index >= 15 is 0 Å². The molecule has 0 bridgehead atoms. The molecule has 1 aliphatic heterocycles. The number of nitrogens with zero attached hydrogens (tertiary/aromatic N) is 2. The zero-order valence-corrected chi connectivity index (χ0v) is 18.5. The third-order valence-electron chi connectivity index (χ3n) is 4.36. The minimum atomic E-state index is 0.